The molecule has 4 atom stereocenters. The van der Waals surface area contributed by atoms with Gasteiger partial charge in [0.15, 0.2) is 6.10 Å². The highest BCUT2D eigenvalue weighted by Crippen LogP contribution is 2.45. The molecular formula is C25H31ClN2O4. The van der Waals surface area contributed by atoms with Crippen molar-refractivity contribution in [2.45, 2.75) is 32.0 Å². The number of rotatable bonds is 12. The monoisotopic (exact) mass is 458 g/mol. The Balaban J connectivity index is 1.11. The Bertz CT molecular complexity index is 878. The topological polar surface area (TPSA) is 71.0 Å². The zero-order chi connectivity index (χ0) is 22.5. The summed E-state index contributed by atoms with van der Waals surface area (Å²) >= 11 is 5.97. The predicted octanol–water partition coefficient (Wildman–Crippen LogP) is 3.47. The van der Waals surface area contributed by atoms with Crippen molar-refractivity contribution in [1.29, 1.82) is 0 Å². The Morgan fingerprint density at radius 2 is 1.78 bits per heavy atom. The largest absolute Gasteiger partial charge is 0.492 e. The standard InChI is InChI=1S/C25H31ClN2O4/c1-2-31-23(25(29)30)13-17-5-9-20(10-6-17)32-12-11-27-24-21-15-28(16-22(21)24)14-18-3-7-19(26)8-4-18/h3-10,21-24,27H,2,11-16H2,1H3,(H,29,30)/t21-,22?,23-,24+/m0/s1. The summed E-state index contributed by atoms with van der Waals surface area (Å²) < 4.78 is 11.1. The van der Waals surface area contributed by atoms with E-state index in [1.807, 2.05) is 36.4 Å². The average molecular weight is 459 g/mol. The van der Waals surface area contributed by atoms with Crippen LogP contribution in [0.2, 0.25) is 5.02 Å². The second-order valence-corrected chi connectivity index (χ2v) is 9.04. The zero-order valence-electron chi connectivity index (χ0n) is 18.4. The molecule has 172 valence electrons. The molecule has 2 aromatic rings. The number of hydrogen-bond acceptors (Lipinski definition) is 5. The molecule has 1 saturated carbocycles. The van der Waals surface area contributed by atoms with E-state index in [4.69, 9.17) is 21.1 Å². The number of piperidine rings is 1. The number of nitrogens with zero attached hydrogens (tertiary/aromatic N) is 1. The predicted molar refractivity (Wildman–Crippen MR) is 124 cm³/mol. The number of benzene rings is 2. The highest BCUT2D eigenvalue weighted by molar-refractivity contribution is 6.30. The van der Waals surface area contributed by atoms with Crippen LogP contribution in [0.5, 0.6) is 5.75 Å². The summed E-state index contributed by atoms with van der Waals surface area (Å²) in [5.41, 5.74) is 2.24. The van der Waals surface area contributed by atoms with Gasteiger partial charge in [0.25, 0.3) is 0 Å². The fourth-order valence-corrected chi connectivity index (χ4v) is 4.77. The summed E-state index contributed by atoms with van der Waals surface area (Å²) in [5.74, 6) is 1.35. The third-order valence-corrected chi connectivity index (χ3v) is 6.58. The van der Waals surface area contributed by atoms with E-state index >= 15 is 0 Å². The molecular weight excluding hydrogens is 428 g/mol. The van der Waals surface area contributed by atoms with E-state index in [9.17, 15) is 9.90 Å². The molecule has 32 heavy (non-hydrogen) atoms. The summed E-state index contributed by atoms with van der Waals surface area (Å²) in [5, 5.41) is 13.6. The molecule has 0 amide bonds. The van der Waals surface area contributed by atoms with E-state index in [-0.39, 0.29) is 0 Å². The number of aliphatic carboxylic acids is 1. The fraction of sp³-hybridized carbons (Fsp3) is 0.480. The molecule has 2 aromatic carbocycles. The summed E-state index contributed by atoms with van der Waals surface area (Å²) in [6, 6.07) is 16.3. The minimum atomic E-state index is -0.934. The van der Waals surface area contributed by atoms with E-state index in [0.29, 0.717) is 25.7 Å². The molecule has 1 unspecified atom stereocenters. The summed E-state index contributed by atoms with van der Waals surface area (Å²) in [7, 11) is 0. The Hall–Kier alpha value is -2.12. The van der Waals surface area contributed by atoms with Crippen LogP contribution in [-0.2, 0) is 22.5 Å². The number of likely N-dealkylation sites (tertiary alicyclic amines) is 1. The van der Waals surface area contributed by atoms with Gasteiger partial charge in [-0.25, -0.2) is 4.79 Å². The first-order chi connectivity index (χ1) is 15.5. The number of carbonyl (C=O) groups is 1. The van der Waals surface area contributed by atoms with Gasteiger partial charge in [0, 0.05) is 50.3 Å². The number of nitrogens with one attached hydrogen (secondary N) is 1. The number of carboxylic acids is 1. The molecule has 6 nitrogen and oxygen atoms in total. The molecule has 0 bridgehead atoms. The van der Waals surface area contributed by atoms with Crippen molar-refractivity contribution < 1.29 is 19.4 Å². The molecule has 4 rings (SSSR count). The van der Waals surface area contributed by atoms with Crippen molar-refractivity contribution in [2.75, 3.05) is 32.8 Å². The van der Waals surface area contributed by atoms with Crippen LogP contribution in [-0.4, -0.2) is 61.0 Å². The van der Waals surface area contributed by atoms with Crippen LogP contribution in [0, 0.1) is 11.8 Å². The van der Waals surface area contributed by atoms with Gasteiger partial charge in [-0.3, -0.25) is 4.90 Å². The van der Waals surface area contributed by atoms with E-state index in [1.54, 1.807) is 6.92 Å². The maximum absolute atomic E-state index is 11.2. The van der Waals surface area contributed by atoms with Gasteiger partial charge in [0.05, 0.1) is 0 Å². The highest BCUT2D eigenvalue weighted by atomic mass is 35.5. The van der Waals surface area contributed by atoms with Crippen molar-refractivity contribution in [1.82, 2.24) is 10.2 Å². The van der Waals surface area contributed by atoms with Crippen molar-refractivity contribution in [3.05, 3.63) is 64.7 Å². The molecule has 1 aliphatic heterocycles. The Kier molecular flexibility index (Phi) is 7.68. The van der Waals surface area contributed by atoms with Crippen molar-refractivity contribution in [3.8, 4) is 5.75 Å². The van der Waals surface area contributed by atoms with Gasteiger partial charge in [-0.1, -0.05) is 35.9 Å². The van der Waals surface area contributed by atoms with Crippen molar-refractivity contribution in [2.24, 2.45) is 11.8 Å². The van der Waals surface area contributed by atoms with E-state index < -0.39 is 12.1 Å². The second kappa shape index (κ2) is 10.7. The van der Waals surface area contributed by atoms with E-state index in [0.717, 1.165) is 54.4 Å². The first-order valence-corrected chi connectivity index (χ1v) is 11.7. The normalized spacial score (nSPS) is 23.0. The van der Waals surface area contributed by atoms with E-state index in [2.05, 4.69) is 22.3 Å². The quantitative estimate of drug-likeness (QED) is 0.474. The van der Waals surface area contributed by atoms with Crippen molar-refractivity contribution in [3.63, 3.8) is 0 Å². The molecule has 2 fully saturated rings. The van der Waals surface area contributed by atoms with Gasteiger partial charge < -0.3 is 19.9 Å². The molecule has 1 saturated heterocycles. The van der Waals surface area contributed by atoms with Crippen LogP contribution in [0.4, 0.5) is 0 Å². The van der Waals surface area contributed by atoms with Crippen molar-refractivity contribution >= 4 is 17.6 Å². The number of carboxylic acid groups (broad SMARTS) is 1. The Morgan fingerprint density at radius 3 is 2.41 bits per heavy atom. The van der Waals surface area contributed by atoms with Gasteiger partial charge in [-0.05, 0) is 54.2 Å². The van der Waals surface area contributed by atoms with Crippen LogP contribution in [0.1, 0.15) is 18.1 Å². The van der Waals surface area contributed by atoms with Gasteiger partial charge in [0.2, 0.25) is 0 Å². The number of fused-ring (bicyclic) bond motifs is 1. The Labute approximate surface area is 194 Å². The molecule has 1 aliphatic carbocycles. The summed E-state index contributed by atoms with van der Waals surface area (Å²) in [6.45, 7) is 6.90. The molecule has 1 heterocycles. The smallest absolute Gasteiger partial charge is 0.333 e. The molecule has 7 heteroatoms. The second-order valence-electron chi connectivity index (χ2n) is 8.61. The maximum Gasteiger partial charge on any atom is 0.333 e. The molecule has 2 N–H and O–H groups in total. The lowest BCUT2D eigenvalue weighted by Gasteiger charge is -2.20. The van der Waals surface area contributed by atoms with Crippen LogP contribution < -0.4 is 10.1 Å². The first-order valence-electron chi connectivity index (χ1n) is 11.3. The lowest BCUT2D eigenvalue weighted by molar-refractivity contribution is -0.149. The van der Waals surface area contributed by atoms with Gasteiger partial charge in [-0.2, -0.15) is 0 Å². The zero-order valence-corrected chi connectivity index (χ0v) is 19.1. The average Bonchev–Trinajstić information content (AvgIpc) is 3.23. The van der Waals surface area contributed by atoms with Crippen LogP contribution >= 0.6 is 11.6 Å². The molecule has 0 aromatic heterocycles. The highest BCUT2D eigenvalue weighted by Gasteiger charge is 2.55. The van der Waals surface area contributed by atoms with Crippen LogP contribution in [0.25, 0.3) is 0 Å². The third-order valence-electron chi connectivity index (χ3n) is 6.33. The minimum Gasteiger partial charge on any atom is -0.492 e. The van der Waals surface area contributed by atoms with Gasteiger partial charge in [0.1, 0.15) is 12.4 Å². The maximum atomic E-state index is 11.2. The fourth-order valence-electron chi connectivity index (χ4n) is 4.64. The minimum absolute atomic E-state index is 0.352. The molecule has 2 aliphatic rings. The Morgan fingerprint density at radius 1 is 1.12 bits per heavy atom. The SMILES string of the molecule is CCO[C@@H](Cc1ccc(OCCN[C@H]2C3CN(Cc4ccc(Cl)cc4)C[C@@H]32)cc1)C(=O)O. The summed E-state index contributed by atoms with van der Waals surface area (Å²) in [6.07, 6.45) is -0.458. The number of halogens is 1. The van der Waals surface area contributed by atoms with E-state index in [1.165, 1.54) is 5.56 Å². The molecule has 0 spiro atoms. The van der Waals surface area contributed by atoms with Crippen LogP contribution in [0.15, 0.2) is 48.5 Å². The van der Waals surface area contributed by atoms with Gasteiger partial charge >= 0.3 is 5.97 Å². The lowest BCUT2D eigenvalue weighted by atomic mass is 10.1. The first kappa shape index (κ1) is 23.1. The van der Waals surface area contributed by atoms with Gasteiger partial charge in [-0.15, -0.1) is 0 Å². The van der Waals surface area contributed by atoms with Crippen LogP contribution in [0.3, 0.4) is 0 Å². The molecule has 0 radical (unpaired) electrons. The number of ether oxygens (including phenoxy) is 2. The lowest BCUT2D eigenvalue weighted by Crippen LogP contribution is -2.33. The number of hydrogen-bond donors (Lipinski definition) is 2. The third kappa shape index (κ3) is 6.01. The summed E-state index contributed by atoms with van der Waals surface area (Å²) in [4.78, 5) is 13.7.